The fourth-order valence-electron chi connectivity index (χ4n) is 4.21. The molecule has 10 heteroatoms. The van der Waals surface area contributed by atoms with Gasteiger partial charge in [-0.25, -0.2) is 14.6 Å². The number of nitrogens with zero attached hydrogens (tertiary/aromatic N) is 2. The Morgan fingerprint density at radius 1 is 0.974 bits per heavy atom. The maximum Gasteiger partial charge on any atom is 0.344 e. The minimum absolute atomic E-state index is 0.199. The lowest BCUT2D eigenvalue weighted by Gasteiger charge is -2.24. The molecule has 0 bridgehead atoms. The highest BCUT2D eigenvalue weighted by Gasteiger charge is 2.33. The largest absolute Gasteiger partial charge is 0.494 e. The molecule has 204 valence electrons. The van der Waals surface area contributed by atoms with Gasteiger partial charge in [0.05, 0.1) is 41.7 Å². The molecular formula is C29H30N2O7S. The molecule has 3 aromatic rings. The molecule has 0 saturated heterocycles. The molecule has 0 radical (unpaired) electrons. The molecule has 0 N–H and O–H groups in total. The number of thiazole rings is 1. The minimum Gasteiger partial charge on any atom is -0.494 e. The summed E-state index contributed by atoms with van der Waals surface area (Å²) in [7, 11) is 0. The van der Waals surface area contributed by atoms with E-state index in [0.29, 0.717) is 44.3 Å². The van der Waals surface area contributed by atoms with Crippen LogP contribution >= 0.6 is 11.3 Å². The first-order valence-electron chi connectivity index (χ1n) is 12.7. The molecule has 1 atom stereocenters. The fraction of sp³-hybridized carbons (Fsp3) is 0.310. The molecule has 9 nitrogen and oxygen atoms in total. The highest BCUT2D eigenvalue weighted by Crippen LogP contribution is 2.31. The van der Waals surface area contributed by atoms with Gasteiger partial charge in [-0.3, -0.25) is 9.36 Å². The third kappa shape index (κ3) is 6.28. The number of carbonyl (C=O) groups excluding carboxylic acids is 2. The summed E-state index contributed by atoms with van der Waals surface area (Å²) in [4.78, 5) is 43.5. The van der Waals surface area contributed by atoms with Crippen molar-refractivity contribution in [3.05, 3.63) is 90.6 Å². The van der Waals surface area contributed by atoms with Gasteiger partial charge in [-0.05, 0) is 69.2 Å². The molecule has 39 heavy (non-hydrogen) atoms. The molecule has 1 aliphatic rings. The number of allylic oxidation sites excluding steroid dienone is 1. The molecule has 0 fully saturated rings. The Balaban J connectivity index is 1.77. The number of benzene rings is 2. The van der Waals surface area contributed by atoms with Gasteiger partial charge in [0.2, 0.25) is 0 Å². The number of esters is 2. The second kappa shape index (κ2) is 12.6. The van der Waals surface area contributed by atoms with Crippen LogP contribution in [0.1, 0.15) is 44.9 Å². The van der Waals surface area contributed by atoms with E-state index >= 15 is 0 Å². The van der Waals surface area contributed by atoms with Crippen LogP contribution < -0.4 is 24.4 Å². The number of ether oxygens (including phenoxy) is 4. The minimum atomic E-state index is -0.711. The predicted octanol–water partition coefficient (Wildman–Crippen LogP) is 3.14. The van der Waals surface area contributed by atoms with Crippen LogP contribution in [-0.2, 0) is 19.1 Å². The molecule has 0 amide bonds. The van der Waals surface area contributed by atoms with Crippen LogP contribution in [0.4, 0.5) is 0 Å². The van der Waals surface area contributed by atoms with E-state index in [1.807, 2.05) is 37.3 Å². The van der Waals surface area contributed by atoms with E-state index in [9.17, 15) is 14.4 Å². The predicted molar refractivity (Wildman–Crippen MR) is 147 cm³/mol. The Labute approximate surface area is 229 Å². The number of carbonyl (C=O) groups is 2. The van der Waals surface area contributed by atoms with Crippen molar-refractivity contribution >= 4 is 29.4 Å². The van der Waals surface area contributed by atoms with Crippen LogP contribution in [0, 0.1) is 0 Å². The normalized spacial score (nSPS) is 14.9. The van der Waals surface area contributed by atoms with Gasteiger partial charge in [-0.2, -0.15) is 0 Å². The molecule has 2 heterocycles. The monoisotopic (exact) mass is 550 g/mol. The maximum atomic E-state index is 13.8. The van der Waals surface area contributed by atoms with Crippen LogP contribution in [-0.4, -0.2) is 42.9 Å². The summed E-state index contributed by atoms with van der Waals surface area (Å²) >= 11 is 1.23. The van der Waals surface area contributed by atoms with E-state index in [4.69, 9.17) is 18.9 Å². The fourth-order valence-corrected chi connectivity index (χ4v) is 5.26. The quantitative estimate of drug-likeness (QED) is 0.357. The zero-order valence-corrected chi connectivity index (χ0v) is 23.1. The number of rotatable bonds is 10. The van der Waals surface area contributed by atoms with Crippen LogP contribution in [0.5, 0.6) is 11.5 Å². The number of hydrogen-bond donors (Lipinski definition) is 0. The van der Waals surface area contributed by atoms with Gasteiger partial charge >= 0.3 is 11.9 Å². The Morgan fingerprint density at radius 3 is 2.41 bits per heavy atom. The summed E-state index contributed by atoms with van der Waals surface area (Å²) in [6, 6.07) is 13.7. The average molecular weight is 551 g/mol. The van der Waals surface area contributed by atoms with Gasteiger partial charge < -0.3 is 18.9 Å². The van der Waals surface area contributed by atoms with Crippen molar-refractivity contribution in [2.24, 2.45) is 4.99 Å². The highest BCUT2D eigenvalue weighted by atomic mass is 32.1. The topological polar surface area (TPSA) is 105 Å². The van der Waals surface area contributed by atoms with Crippen LogP contribution in [0.15, 0.2) is 69.6 Å². The van der Waals surface area contributed by atoms with Crippen molar-refractivity contribution in [3.8, 4) is 11.5 Å². The lowest BCUT2D eigenvalue weighted by atomic mass is 9.96. The van der Waals surface area contributed by atoms with Crippen molar-refractivity contribution in [1.29, 1.82) is 0 Å². The summed E-state index contributed by atoms with van der Waals surface area (Å²) in [5.74, 6) is 0.186. The van der Waals surface area contributed by atoms with Gasteiger partial charge in [0, 0.05) is 0 Å². The molecule has 4 rings (SSSR count). The van der Waals surface area contributed by atoms with Crippen molar-refractivity contribution in [1.82, 2.24) is 4.57 Å². The molecule has 1 aliphatic heterocycles. The van der Waals surface area contributed by atoms with E-state index in [1.54, 1.807) is 45.0 Å². The molecular weight excluding hydrogens is 520 g/mol. The standard InChI is InChI=1S/C29H30N2O7S/c1-5-35-21-13-11-20(12-14-21)26-25(28(34)37-7-3)18(4)30-29-31(26)27(33)23(39-29)16-19-9-8-10-22(15-19)38-17-24(32)36-6-2/h8-16,26H,5-7,17H2,1-4H3/b23-16-/t26-/m0/s1. The second-order valence-electron chi connectivity index (χ2n) is 8.47. The summed E-state index contributed by atoms with van der Waals surface area (Å²) < 4.78 is 23.3. The molecule has 0 saturated carbocycles. The van der Waals surface area contributed by atoms with Gasteiger partial charge in [-0.1, -0.05) is 35.6 Å². The van der Waals surface area contributed by atoms with Crippen LogP contribution in [0.25, 0.3) is 6.08 Å². The van der Waals surface area contributed by atoms with Crippen molar-refractivity contribution in [3.63, 3.8) is 0 Å². The van der Waals surface area contributed by atoms with Gasteiger partial charge in [0.25, 0.3) is 5.56 Å². The van der Waals surface area contributed by atoms with E-state index < -0.39 is 18.0 Å². The van der Waals surface area contributed by atoms with Crippen molar-refractivity contribution in [2.45, 2.75) is 33.7 Å². The molecule has 0 spiro atoms. The summed E-state index contributed by atoms with van der Waals surface area (Å²) in [5.41, 5.74) is 1.96. The lowest BCUT2D eigenvalue weighted by Crippen LogP contribution is -2.39. The lowest BCUT2D eigenvalue weighted by molar-refractivity contribution is -0.145. The van der Waals surface area contributed by atoms with Crippen molar-refractivity contribution in [2.75, 3.05) is 26.4 Å². The van der Waals surface area contributed by atoms with Gasteiger partial charge in [0.15, 0.2) is 11.4 Å². The summed E-state index contributed by atoms with van der Waals surface area (Å²) in [5, 5.41) is 0. The number of aromatic nitrogens is 1. The smallest absolute Gasteiger partial charge is 0.344 e. The van der Waals surface area contributed by atoms with E-state index in [-0.39, 0.29) is 25.4 Å². The third-order valence-electron chi connectivity index (χ3n) is 5.84. The zero-order valence-electron chi connectivity index (χ0n) is 22.3. The Hall–Kier alpha value is -4.18. The molecule has 1 aromatic heterocycles. The maximum absolute atomic E-state index is 13.8. The Bertz CT molecular complexity index is 1570. The van der Waals surface area contributed by atoms with Crippen LogP contribution in [0.2, 0.25) is 0 Å². The number of fused-ring (bicyclic) bond motifs is 1. The van der Waals surface area contributed by atoms with E-state index in [0.717, 1.165) is 5.56 Å². The van der Waals surface area contributed by atoms with E-state index in [2.05, 4.69) is 4.99 Å². The van der Waals surface area contributed by atoms with E-state index in [1.165, 1.54) is 15.9 Å². The van der Waals surface area contributed by atoms with Gasteiger partial charge in [-0.15, -0.1) is 0 Å². The molecule has 0 aliphatic carbocycles. The molecule has 0 unspecified atom stereocenters. The first-order chi connectivity index (χ1) is 18.9. The Kier molecular flexibility index (Phi) is 8.98. The second-order valence-corrected chi connectivity index (χ2v) is 9.48. The van der Waals surface area contributed by atoms with Crippen LogP contribution in [0.3, 0.4) is 0 Å². The summed E-state index contributed by atoms with van der Waals surface area (Å²) in [6.07, 6.45) is 1.74. The first kappa shape index (κ1) is 27.8. The van der Waals surface area contributed by atoms with Crippen molar-refractivity contribution < 1.29 is 28.5 Å². The zero-order chi connectivity index (χ0) is 27.9. The van der Waals surface area contributed by atoms with Gasteiger partial charge in [0.1, 0.15) is 11.5 Å². The number of hydrogen-bond acceptors (Lipinski definition) is 9. The summed E-state index contributed by atoms with van der Waals surface area (Å²) in [6.45, 7) is 7.90. The molecule has 2 aromatic carbocycles. The SMILES string of the molecule is CCOC(=O)COc1cccc(/C=c2\sc3n(c2=O)[C@@H](c2ccc(OCC)cc2)C(C(=O)OCC)=C(C)N=3)c1. The first-order valence-corrected chi connectivity index (χ1v) is 13.5. The average Bonchev–Trinajstić information content (AvgIpc) is 3.22. The Morgan fingerprint density at radius 2 is 1.72 bits per heavy atom. The third-order valence-corrected chi connectivity index (χ3v) is 6.82. The highest BCUT2D eigenvalue weighted by molar-refractivity contribution is 7.07.